The molecular weight excluding hydrogens is 385 g/mol. The van der Waals surface area contributed by atoms with Gasteiger partial charge in [0.05, 0.1) is 14.9 Å². The second-order valence-electron chi connectivity index (χ2n) is 3.89. The number of rotatable bonds is 3. The van der Waals surface area contributed by atoms with Gasteiger partial charge in [0, 0.05) is 16.7 Å². The van der Waals surface area contributed by atoms with Gasteiger partial charge in [0.15, 0.2) is 0 Å². The van der Waals surface area contributed by atoms with Gasteiger partial charge in [0.25, 0.3) is 9.05 Å². The lowest BCUT2D eigenvalue weighted by Crippen LogP contribution is -1.93. The SMILES string of the molecule is N#Cc1ccc(Oc2ccc(S(=O)(=O)Cl)cc2Br)cc1F. The minimum atomic E-state index is -3.84. The quantitative estimate of drug-likeness (QED) is 0.737. The summed E-state index contributed by atoms with van der Waals surface area (Å²) in [6.45, 7) is 0. The molecule has 0 N–H and O–H groups in total. The van der Waals surface area contributed by atoms with Gasteiger partial charge in [0.2, 0.25) is 0 Å². The highest BCUT2D eigenvalue weighted by Crippen LogP contribution is 2.33. The van der Waals surface area contributed by atoms with Gasteiger partial charge in [-0.3, -0.25) is 0 Å². The number of hydrogen-bond donors (Lipinski definition) is 0. The summed E-state index contributed by atoms with van der Waals surface area (Å²) in [4.78, 5) is -0.0885. The van der Waals surface area contributed by atoms with E-state index in [0.717, 1.165) is 6.07 Å². The first-order chi connectivity index (χ1) is 9.81. The molecule has 0 aromatic heterocycles. The van der Waals surface area contributed by atoms with E-state index in [0.29, 0.717) is 4.47 Å². The second-order valence-corrected chi connectivity index (χ2v) is 7.31. The molecule has 2 rings (SSSR count). The highest BCUT2D eigenvalue weighted by Gasteiger charge is 2.13. The van der Waals surface area contributed by atoms with Crippen LogP contribution in [-0.2, 0) is 9.05 Å². The Hall–Kier alpha value is -1.62. The van der Waals surface area contributed by atoms with Crippen LogP contribution in [0.2, 0.25) is 0 Å². The first kappa shape index (κ1) is 15.8. The second kappa shape index (κ2) is 6.02. The smallest absolute Gasteiger partial charge is 0.261 e. The van der Waals surface area contributed by atoms with Gasteiger partial charge >= 0.3 is 0 Å². The normalized spacial score (nSPS) is 11.0. The Kier molecular flexibility index (Phi) is 4.52. The molecule has 0 unspecified atom stereocenters. The Bertz CT molecular complexity index is 849. The monoisotopic (exact) mass is 389 g/mol. The highest BCUT2D eigenvalue weighted by atomic mass is 79.9. The molecule has 0 atom stereocenters. The number of benzene rings is 2. The van der Waals surface area contributed by atoms with Gasteiger partial charge in [-0.25, -0.2) is 12.8 Å². The highest BCUT2D eigenvalue weighted by molar-refractivity contribution is 9.10. The standard InChI is InChI=1S/C13H6BrClFNO3S/c14-11-6-10(21(15,18)19)3-4-13(11)20-9-2-1-8(7-17)12(16)5-9/h1-6H. The topological polar surface area (TPSA) is 67.2 Å². The summed E-state index contributed by atoms with van der Waals surface area (Å²) in [5, 5.41) is 8.64. The fourth-order valence-electron chi connectivity index (χ4n) is 1.49. The van der Waals surface area contributed by atoms with Crippen molar-refractivity contribution in [1.82, 2.24) is 0 Å². The Morgan fingerprint density at radius 2 is 1.95 bits per heavy atom. The molecule has 0 fully saturated rings. The largest absolute Gasteiger partial charge is 0.456 e. The molecule has 2 aromatic carbocycles. The van der Waals surface area contributed by atoms with E-state index in [1.165, 1.54) is 30.3 Å². The van der Waals surface area contributed by atoms with Gasteiger partial charge in [-0.1, -0.05) is 0 Å². The summed E-state index contributed by atoms with van der Waals surface area (Å²) >= 11 is 3.15. The molecule has 8 heteroatoms. The van der Waals surface area contributed by atoms with E-state index in [1.807, 2.05) is 0 Å². The van der Waals surface area contributed by atoms with Crippen molar-refractivity contribution in [2.24, 2.45) is 0 Å². The summed E-state index contributed by atoms with van der Waals surface area (Å²) < 4.78 is 41.6. The van der Waals surface area contributed by atoms with Crippen molar-refractivity contribution < 1.29 is 17.5 Å². The van der Waals surface area contributed by atoms with Crippen LogP contribution in [-0.4, -0.2) is 8.42 Å². The van der Waals surface area contributed by atoms with Crippen LogP contribution in [0.15, 0.2) is 45.8 Å². The molecular formula is C13H6BrClFNO3S. The van der Waals surface area contributed by atoms with Crippen LogP contribution < -0.4 is 4.74 Å². The van der Waals surface area contributed by atoms with Crippen LogP contribution in [0.4, 0.5) is 4.39 Å². The van der Waals surface area contributed by atoms with Gasteiger partial charge in [-0.15, -0.1) is 0 Å². The van der Waals surface area contributed by atoms with Crippen molar-refractivity contribution in [2.45, 2.75) is 4.90 Å². The molecule has 0 spiro atoms. The minimum Gasteiger partial charge on any atom is -0.456 e. The average molecular weight is 391 g/mol. The Balaban J connectivity index is 2.33. The number of nitriles is 1. The van der Waals surface area contributed by atoms with Gasteiger partial charge in [-0.05, 0) is 46.3 Å². The van der Waals surface area contributed by atoms with E-state index < -0.39 is 14.9 Å². The number of nitrogens with zero attached hydrogens (tertiary/aromatic N) is 1. The minimum absolute atomic E-state index is 0.0885. The molecule has 0 saturated carbocycles. The van der Waals surface area contributed by atoms with Crippen molar-refractivity contribution >= 4 is 35.7 Å². The predicted octanol–water partition coefficient (Wildman–Crippen LogP) is 4.18. The number of halogens is 3. The van der Waals surface area contributed by atoms with E-state index in [1.54, 1.807) is 6.07 Å². The Labute approximate surface area is 133 Å². The molecule has 108 valence electrons. The predicted molar refractivity (Wildman–Crippen MR) is 78.4 cm³/mol. The average Bonchev–Trinajstić information content (AvgIpc) is 2.40. The lowest BCUT2D eigenvalue weighted by Gasteiger charge is -2.09. The van der Waals surface area contributed by atoms with Crippen LogP contribution in [0, 0.1) is 17.1 Å². The fraction of sp³-hybridized carbons (Fsp3) is 0. The van der Waals surface area contributed by atoms with Crippen LogP contribution >= 0.6 is 26.6 Å². The van der Waals surface area contributed by atoms with Gasteiger partial charge in [0.1, 0.15) is 23.4 Å². The Morgan fingerprint density at radius 3 is 2.48 bits per heavy atom. The van der Waals surface area contributed by atoms with Crippen molar-refractivity contribution in [1.29, 1.82) is 5.26 Å². The molecule has 0 radical (unpaired) electrons. The lowest BCUT2D eigenvalue weighted by atomic mass is 10.2. The summed E-state index contributed by atoms with van der Waals surface area (Å²) in [5.74, 6) is -0.247. The molecule has 0 heterocycles. The summed E-state index contributed by atoms with van der Waals surface area (Å²) in [5.41, 5.74) is -0.0926. The first-order valence-electron chi connectivity index (χ1n) is 5.43. The van der Waals surface area contributed by atoms with E-state index in [4.69, 9.17) is 20.7 Å². The maximum atomic E-state index is 13.5. The first-order valence-corrected chi connectivity index (χ1v) is 8.53. The zero-order valence-electron chi connectivity index (χ0n) is 10.2. The fourth-order valence-corrected chi connectivity index (χ4v) is 2.88. The molecule has 0 amide bonds. The van der Waals surface area contributed by atoms with E-state index in [9.17, 15) is 12.8 Å². The van der Waals surface area contributed by atoms with E-state index in [-0.39, 0.29) is 22.0 Å². The number of ether oxygens (including phenoxy) is 1. The van der Waals surface area contributed by atoms with Gasteiger partial charge < -0.3 is 4.74 Å². The summed E-state index contributed by atoms with van der Waals surface area (Å²) in [6.07, 6.45) is 0. The summed E-state index contributed by atoms with van der Waals surface area (Å²) in [6, 6.07) is 9.41. The maximum Gasteiger partial charge on any atom is 0.261 e. The van der Waals surface area contributed by atoms with Crippen molar-refractivity contribution in [3.05, 3.63) is 52.3 Å². The zero-order chi connectivity index (χ0) is 15.6. The Morgan fingerprint density at radius 1 is 1.24 bits per heavy atom. The summed E-state index contributed by atoms with van der Waals surface area (Å²) in [7, 11) is 1.39. The van der Waals surface area contributed by atoms with E-state index >= 15 is 0 Å². The van der Waals surface area contributed by atoms with E-state index in [2.05, 4.69) is 15.9 Å². The van der Waals surface area contributed by atoms with Crippen LogP contribution in [0.5, 0.6) is 11.5 Å². The molecule has 2 aromatic rings. The molecule has 21 heavy (non-hydrogen) atoms. The van der Waals surface area contributed by atoms with Crippen LogP contribution in [0.25, 0.3) is 0 Å². The van der Waals surface area contributed by atoms with Crippen molar-refractivity contribution in [2.75, 3.05) is 0 Å². The number of hydrogen-bond acceptors (Lipinski definition) is 4. The zero-order valence-corrected chi connectivity index (χ0v) is 13.3. The van der Waals surface area contributed by atoms with Crippen LogP contribution in [0.3, 0.4) is 0 Å². The third-order valence-corrected chi connectivity index (χ3v) is 4.44. The van der Waals surface area contributed by atoms with Crippen molar-refractivity contribution in [3.63, 3.8) is 0 Å². The maximum absolute atomic E-state index is 13.5. The molecule has 0 aliphatic rings. The molecule has 0 saturated heterocycles. The molecule has 0 aliphatic heterocycles. The molecule has 0 aliphatic carbocycles. The molecule has 0 bridgehead atoms. The third kappa shape index (κ3) is 3.73. The molecule has 4 nitrogen and oxygen atoms in total. The lowest BCUT2D eigenvalue weighted by molar-refractivity contribution is 0.473. The van der Waals surface area contributed by atoms with Crippen LogP contribution in [0.1, 0.15) is 5.56 Å². The third-order valence-electron chi connectivity index (χ3n) is 2.47. The van der Waals surface area contributed by atoms with Gasteiger partial charge in [-0.2, -0.15) is 5.26 Å². The van der Waals surface area contributed by atoms with Crippen molar-refractivity contribution in [3.8, 4) is 17.6 Å².